The lowest BCUT2D eigenvalue weighted by atomic mass is 9.96. The number of anilines is 3. The Labute approximate surface area is 468 Å². The van der Waals surface area contributed by atoms with Crippen molar-refractivity contribution in [1.82, 2.24) is 54.0 Å². The Morgan fingerprint density at radius 1 is 0.780 bits per heavy atom. The molecule has 82 heavy (non-hydrogen) atoms. The number of halogens is 2. The molecule has 1 unspecified atom stereocenters. The van der Waals surface area contributed by atoms with E-state index in [1.54, 1.807) is 48.5 Å². The van der Waals surface area contributed by atoms with Crippen LogP contribution in [-0.4, -0.2) is 124 Å². The summed E-state index contributed by atoms with van der Waals surface area (Å²) in [4.78, 5) is 40.2. The maximum absolute atomic E-state index is 16.9. The Morgan fingerprint density at radius 2 is 1.41 bits per heavy atom. The fourth-order valence-electron chi connectivity index (χ4n) is 10.2. The molecule has 4 aromatic carbocycles. The van der Waals surface area contributed by atoms with Gasteiger partial charge in [0.15, 0.2) is 53.8 Å². The van der Waals surface area contributed by atoms with Crippen LogP contribution in [0.25, 0.3) is 44.8 Å². The maximum atomic E-state index is 16.9. The van der Waals surface area contributed by atoms with Gasteiger partial charge in [-0.15, -0.1) is 14.1 Å². The van der Waals surface area contributed by atoms with Crippen LogP contribution in [0.15, 0.2) is 122 Å². The zero-order chi connectivity index (χ0) is 56.2. The van der Waals surface area contributed by atoms with E-state index in [0.717, 1.165) is 40.3 Å². The third-order valence-corrected chi connectivity index (χ3v) is 18.7. The summed E-state index contributed by atoms with van der Waals surface area (Å²) in [6, 6.07) is 29.3. The molecule has 5 aromatic heterocycles. The van der Waals surface area contributed by atoms with E-state index in [0.29, 0.717) is 29.2 Å². The van der Waals surface area contributed by atoms with Gasteiger partial charge in [0.05, 0.1) is 37.1 Å². The van der Waals surface area contributed by atoms with Gasteiger partial charge < -0.3 is 35.3 Å². The van der Waals surface area contributed by atoms with Crippen LogP contribution in [-0.2, 0) is 55.5 Å². The summed E-state index contributed by atoms with van der Waals surface area (Å²) in [5.74, 6) is 0.106. The minimum atomic E-state index is -4.56. The van der Waals surface area contributed by atoms with E-state index >= 15 is 13.3 Å². The molecule has 4 aliphatic heterocycles. The molecule has 0 amide bonds. The van der Waals surface area contributed by atoms with Crippen LogP contribution in [0, 0.1) is 0 Å². The summed E-state index contributed by atoms with van der Waals surface area (Å²) in [5.41, 5.74) is 19.3. The first kappa shape index (κ1) is 53.4. The number of fused-ring (bicyclic) bond motifs is 9. The van der Waals surface area contributed by atoms with Crippen LogP contribution in [0.5, 0.6) is 11.5 Å². The zero-order valence-corrected chi connectivity index (χ0v) is 45.6. The van der Waals surface area contributed by atoms with Crippen molar-refractivity contribution in [2.24, 2.45) is 0 Å². The molecule has 3 saturated heterocycles. The number of rotatable bonds is 11. The highest BCUT2D eigenvalue weighted by atomic mass is 32.7. The molecule has 9 aromatic rings. The van der Waals surface area contributed by atoms with E-state index in [1.165, 1.54) is 34.4 Å². The standard InChI is InChI=1S/C52H47F2N14O11P2S/c1-65-20-30-6-2-3-7-33(30)40-43(34-8-4-5-9-35(34)65)68(64-63-40)18-19-72-31-16-12-29(13-17-31)52(69)75-32-14-10-28(11-15-32)23-82-81(71)74-22-37-44(38(53)50(77-37)66-26-61-41-46(55)57-24-59-48(41)66)78-80(70)73-21-36-45(79-81)39(54)51(76-36)67-27-62-42-47(56)58-25-60-49(42)67/h2-17,24-27,36-39,44-45,50-51H,18-23H2,1H3,(H2,55,57,59)(H2,56,58,60)/q+1/t36-,37-,38-,39-,44-,45-,50-,51-,81-/m1/s1. The highest BCUT2D eigenvalue weighted by Crippen LogP contribution is 2.64. The number of hydrogen-bond donors (Lipinski definition) is 2. The van der Waals surface area contributed by atoms with E-state index in [9.17, 15) is 9.36 Å². The number of imidazole rings is 2. The molecule has 13 rings (SSSR count). The number of nitrogens with zero attached hydrogens (tertiary/aromatic N) is 12. The second kappa shape index (κ2) is 22.1. The lowest BCUT2D eigenvalue weighted by molar-refractivity contribution is -0.0539. The number of para-hydroxylation sites is 1. The number of carbonyl (C=O) groups excluding carboxylic acids is 1. The van der Waals surface area contributed by atoms with Crippen molar-refractivity contribution in [2.45, 2.75) is 68.1 Å². The van der Waals surface area contributed by atoms with Crippen molar-refractivity contribution in [3.63, 3.8) is 0 Å². The second-order valence-electron chi connectivity index (χ2n) is 19.3. The van der Waals surface area contributed by atoms with Gasteiger partial charge in [0, 0.05) is 40.7 Å². The average Bonchev–Trinajstić information content (AvgIpc) is 4.51. The van der Waals surface area contributed by atoms with Gasteiger partial charge >= 0.3 is 21.0 Å². The third kappa shape index (κ3) is 10.2. The van der Waals surface area contributed by atoms with Crippen LogP contribution in [0.3, 0.4) is 0 Å². The molecule has 3 fully saturated rings. The van der Waals surface area contributed by atoms with E-state index < -0.39 is 83.5 Å². The van der Waals surface area contributed by atoms with Crippen LogP contribution < -0.4 is 25.8 Å². The van der Waals surface area contributed by atoms with E-state index in [4.69, 9.17) is 48.5 Å². The van der Waals surface area contributed by atoms with Gasteiger partial charge in [-0.1, -0.05) is 59.8 Å². The molecule has 4 N–H and O–H groups in total. The topological polar surface area (TPSA) is 298 Å². The van der Waals surface area contributed by atoms with Crippen LogP contribution in [0.2, 0.25) is 0 Å². The van der Waals surface area contributed by atoms with Gasteiger partial charge in [0.2, 0.25) is 0 Å². The Balaban J connectivity index is 0.684. The fourth-order valence-corrected chi connectivity index (χ4v) is 14.4. The lowest BCUT2D eigenvalue weighted by Gasteiger charge is -2.26. The molecule has 420 valence electrons. The summed E-state index contributed by atoms with van der Waals surface area (Å²) < 4.78 is 114. The molecule has 9 heterocycles. The predicted molar refractivity (Wildman–Crippen MR) is 292 cm³/mol. The number of alkyl halides is 2. The van der Waals surface area contributed by atoms with Gasteiger partial charge in [-0.25, -0.2) is 52.7 Å². The Morgan fingerprint density at radius 3 is 2.12 bits per heavy atom. The van der Waals surface area contributed by atoms with Crippen LogP contribution in [0.1, 0.15) is 33.9 Å². The number of nitrogens with two attached hydrogens (primary N) is 2. The smallest absolute Gasteiger partial charge is 0.492 e. The number of hydrogen-bond acceptors (Lipinski definition) is 23. The molecule has 30 heteroatoms. The lowest BCUT2D eigenvalue weighted by Crippen LogP contribution is -2.36. The quantitative estimate of drug-likeness (QED) is 0.0704. The van der Waals surface area contributed by atoms with Crippen LogP contribution in [0.4, 0.5) is 26.1 Å². The van der Waals surface area contributed by atoms with E-state index in [2.05, 4.69) is 76.4 Å². The van der Waals surface area contributed by atoms with Gasteiger partial charge in [-0.3, -0.25) is 18.2 Å². The number of benzene rings is 4. The van der Waals surface area contributed by atoms with Crippen molar-refractivity contribution in [3.05, 3.63) is 139 Å². The Bertz CT molecular complexity index is 3940. The van der Waals surface area contributed by atoms with Crippen molar-refractivity contribution in [1.29, 1.82) is 0 Å². The first-order chi connectivity index (χ1) is 39.9. The molecule has 0 radical (unpaired) electrons. The van der Waals surface area contributed by atoms with Crippen molar-refractivity contribution in [2.75, 3.05) is 43.2 Å². The third-order valence-electron chi connectivity index (χ3n) is 14.2. The summed E-state index contributed by atoms with van der Waals surface area (Å²) in [7, 11) is -1.05. The molecule has 4 aliphatic rings. The fraction of sp³-hybridized carbons (Fsp3) is 0.288. The minimum absolute atomic E-state index is 0.0302. The number of carbonyl (C=O) groups is 1. The second-order valence-corrected chi connectivity index (χ2v) is 24.3. The summed E-state index contributed by atoms with van der Waals surface area (Å²) in [6.45, 7) is -4.48. The van der Waals surface area contributed by atoms with Crippen LogP contribution >= 0.6 is 26.4 Å². The Hall–Kier alpha value is -7.91. The molecule has 10 atom stereocenters. The SMILES string of the molecule is CN1Cc2ccccc2-c2nnn(CCOc3ccc(C(=O)Oc4ccc(CS[P@]5(=O)OC[C@H]6O[C@@H](n7cnc8c(N)ncnc87)[C@H](F)[C@@H]6O[P+](=O)OC[C@H]6O[C@@H](n7cnc8c(N)ncnc87)[C@H](F)[C@@H]6O5)cc4)cc3)c2-c2ccccc21. The van der Waals surface area contributed by atoms with E-state index in [-0.39, 0.29) is 57.6 Å². The number of nitrogen functional groups attached to an aromatic ring is 2. The largest absolute Gasteiger partial charge is 0.697 e. The van der Waals surface area contributed by atoms with Crippen molar-refractivity contribution < 1.29 is 59.7 Å². The minimum Gasteiger partial charge on any atom is -0.492 e. The normalized spacial score (nSPS) is 25.0. The molecule has 0 spiro atoms. The number of ether oxygens (including phenoxy) is 4. The molecule has 0 bridgehead atoms. The van der Waals surface area contributed by atoms with Gasteiger partial charge in [0.25, 0.3) is 0 Å². The first-order valence-electron chi connectivity index (χ1n) is 25.5. The van der Waals surface area contributed by atoms with Gasteiger partial charge in [-0.2, -0.15) is 0 Å². The molecule has 25 nitrogen and oxygen atoms in total. The molecule has 0 aliphatic carbocycles. The number of esters is 1. The Kier molecular flexibility index (Phi) is 14.4. The molecule has 0 saturated carbocycles. The molecular weight excluding hydrogens is 1130 g/mol. The number of aromatic nitrogens is 11. The maximum Gasteiger partial charge on any atom is 0.697 e. The van der Waals surface area contributed by atoms with Crippen molar-refractivity contribution in [3.8, 4) is 34.0 Å². The first-order valence-corrected chi connectivity index (χ1v) is 29.7. The highest BCUT2D eigenvalue weighted by molar-refractivity contribution is 8.54. The summed E-state index contributed by atoms with van der Waals surface area (Å²) in [5, 5.41) is 9.19. The molecular formula is C52H47F2N14O11P2S+. The van der Waals surface area contributed by atoms with Crippen molar-refractivity contribution >= 4 is 72.1 Å². The summed E-state index contributed by atoms with van der Waals surface area (Å²) in [6.07, 6.45) is -8.40. The van der Waals surface area contributed by atoms with Gasteiger partial charge in [-0.05, 0) is 65.0 Å². The highest BCUT2D eigenvalue weighted by Gasteiger charge is 2.56. The summed E-state index contributed by atoms with van der Waals surface area (Å²) >= 11 is 0.689. The monoisotopic (exact) mass is 1180 g/mol. The predicted octanol–water partition coefficient (Wildman–Crippen LogP) is 7.99. The average molecular weight is 1180 g/mol. The van der Waals surface area contributed by atoms with Gasteiger partial charge in [0.1, 0.15) is 72.4 Å². The zero-order valence-electron chi connectivity index (χ0n) is 43.0. The van der Waals surface area contributed by atoms with E-state index in [1.807, 2.05) is 28.9 Å².